The summed E-state index contributed by atoms with van der Waals surface area (Å²) < 4.78 is 16.9. The van der Waals surface area contributed by atoms with E-state index in [0.717, 1.165) is 69.6 Å². The topological polar surface area (TPSA) is 78.9 Å². The lowest BCUT2D eigenvalue weighted by molar-refractivity contribution is -0.167. The Morgan fingerprint density at radius 3 is 0.700 bits per heavy atom. The van der Waals surface area contributed by atoms with Crippen LogP contribution in [0.15, 0.2) is 0 Å². The molecule has 0 saturated heterocycles. The van der Waals surface area contributed by atoms with Crippen molar-refractivity contribution in [2.75, 3.05) is 13.2 Å². The zero-order valence-electron chi connectivity index (χ0n) is 48.2. The van der Waals surface area contributed by atoms with Gasteiger partial charge in [0, 0.05) is 19.3 Å². The lowest BCUT2D eigenvalue weighted by Crippen LogP contribution is -2.30. The smallest absolute Gasteiger partial charge is 0.306 e. The van der Waals surface area contributed by atoms with E-state index in [9.17, 15) is 14.4 Å². The molecular formula is C64H124O6. The Morgan fingerprint density at radius 1 is 0.271 bits per heavy atom. The van der Waals surface area contributed by atoms with Crippen molar-refractivity contribution in [2.24, 2.45) is 11.8 Å². The van der Waals surface area contributed by atoms with Gasteiger partial charge in [-0.05, 0) is 31.1 Å². The van der Waals surface area contributed by atoms with Crippen molar-refractivity contribution in [3.05, 3.63) is 0 Å². The summed E-state index contributed by atoms with van der Waals surface area (Å²) in [5.74, 6) is 0.879. The molecule has 0 amide bonds. The molecule has 0 aliphatic carbocycles. The number of carbonyl (C=O) groups excluding carboxylic acids is 3. The van der Waals surface area contributed by atoms with Gasteiger partial charge in [-0.2, -0.15) is 0 Å². The Morgan fingerprint density at radius 2 is 0.471 bits per heavy atom. The molecule has 0 aromatic heterocycles. The highest BCUT2D eigenvalue weighted by Gasteiger charge is 2.19. The minimum absolute atomic E-state index is 0.0618. The van der Waals surface area contributed by atoms with Gasteiger partial charge in [0.15, 0.2) is 6.10 Å². The lowest BCUT2D eigenvalue weighted by Gasteiger charge is -2.18. The van der Waals surface area contributed by atoms with Gasteiger partial charge in [0.25, 0.3) is 0 Å². The second-order valence-electron chi connectivity index (χ2n) is 23.0. The molecule has 0 N–H and O–H groups in total. The maximum atomic E-state index is 12.9. The highest BCUT2D eigenvalue weighted by Crippen LogP contribution is 2.19. The average molecular weight is 990 g/mol. The fourth-order valence-corrected chi connectivity index (χ4v) is 9.93. The molecule has 0 saturated carbocycles. The summed E-state index contributed by atoms with van der Waals surface area (Å²) in [4.78, 5) is 38.2. The molecule has 0 bridgehead atoms. The summed E-state index contributed by atoms with van der Waals surface area (Å²) in [5.41, 5.74) is 0. The first kappa shape index (κ1) is 68.4. The van der Waals surface area contributed by atoms with Crippen LogP contribution in [0.3, 0.4) is 0 Å². The maximum Gasteiger partial charge on any atom is 0.306 e. The van der Waals surface area contributed by atoms with Gasteiger partial charge in [-0.15, -0.1) is 0 Å². The minimum Gasteiger partial charge on any atom is -0.462 e. The van der Waals surface area contributed by atoms with E-state index < -0.39 is 6.10 Å². The van der Waals surface area contributed by atoms with Crippen LogP contribution in [0.25, 0.3) is 0 Å². The zero-order chi connectivity index (χ0) is 51.1. The van der Waals surface area contributed by atoms with Crippen LogP contribution < -0.4 is 0 Å². The molecule has 70 heavy (non-hydrogen) atoms. The lowest BCUT2D eigenvalue weighted by atomic mass is 10.0. The molecule has 0 aliphatic heterocycles. The van der Waals surface area contributed by atoms with Crippen LogP contribution in [-0.4, -0.2) is 37.2 Å². The van der Waals surface area contributed by atoms with E-state index in [1.54, 1.807) is 0 Å². The third-order valence-corrected chi connectivity index (χ3v) is 14.7. The molecule has 0 fully saturated rings. The summed E-state index contributed by atoms with van der Waals surface area (Å²) in [6.07, 6.45) is 62.5. The second kappa shape index (κ2) is 56.7. The van der Waals surface area contributed by atoms with Gasteiger partial charge in [0.05, 0.1) is 0 Å². The van der Waals surface area contributed by atoms with Crippen LogP contribution in [0.4, 0.5) is 0 Å². The molecule has 0 aromatic rings. The molecule has 0 heterocycles. The maximum absolute atomic E-state index is 12.9. The van der Waals surface area contributed by atoms with E-state index in [4.69, 9.17) is 14.2 Å². The predicted octanol–water partition coefficient (Wildman–Crippen LogP) is 21.2. The Labute approximate surface area is 438 Å². The first-order valence-corrected chi connectivity index (χ1v) is 31.7. The van der Waals surface area contributed by atoms with Gasteiger partial charge >= 0.3 is 17.9 Å². The number of carbonyl (C=O) groups is 3. The molecule has 6 heteroatoms. The number of esters is 3. The van der Waals surface area contributed by atoms with Crippen molar-refractivity contribution in [2.45, 2.75) is 368 Å². The molecule has 0 spiro atoms. The third-order valence-electron chi connectivity index (χ3n) is 14.7. The van der Waals surface area contributed by atoms with Crippen LogP contribution in [0.2, 0.25) is 0 Å². The minimum atomic E-state index is -0.763. The monoisotopic (exact) mass is 989 g/mol. The highest BCUT2D eigenvalue weighted by molar-refractivity contribution is 5.71. The van der Waals surface area contributed by atoms with E-state index >= 15 is 0 Å². The third kappa shape index (κ3) is 57.3. The van der Waals surface area contributed by atoms with E-state index in [0.29, 0.717) is 19.3 Å². The standard InChI is InChI=1S/C64H124O6/c1-6-7-8-9-10-11-12-29-34-39-44-49-54-62(65)68-57-61(58-69-63(66)55-50-45-40-35-30-25-21-18-17-20-24-28-33-38-43-48-53-60(4)5)70-64(67)56-51-46-41-36-31-26-22-16-14-13-15-19-23-27-32-37-42-47-52-59(2)3/h59-61H,6-58H2,1-5H3/t61-/m0/s1. The normalized spacial score (nSPS) is 12.0. The molecule has 416 valence electrons. The Hall–Kier alpha value is -1.59. The van der Waals surface area contributed by atoms with Gasteiger partial charge in [-0.3, -0.25) is 14.4 Å². The van der Waals surface area contributed by atoms with Crippen molar-refractivity contribution >= 4 is 17.9 Å². The zero-order valence-corrected chi connectivity index (χ0v) is 48.2. The van der Waals surface area contributed by atoms with Gasteiger partial charge < -0.3 is 14.2 Å². The van der Waals surface area contributed by atoms with Crippen LogP contribution in [0, 0.1) is 11.8 Å². The van der Waals surface area contributed by atoms with Crippen LogP contribution in [-0.2, 0) is 28.6 Å². The largest absolute Gasteiger partial charge is 0.462 e. The number of unbranched alkanes of at least 4 members (excludes halogenated alkanes) is 43. The first-order chi connectivity index (χ1) is 34.2. The second-order valence-corrected chi connectivity index (χ2v) is 23.0. The van der Waals surface area contributed by atoms with E-state index in [2.05, 4.69) is 34.6 Å². The molecular weight excluding hydrogens is 865 g/mol. The number of hydrogen-bond acceptors (Lipinski definition) is 6. The van der Waals surface area contributed by atoms with E-state index in [1.165, 1.54) is 250 Å². The molecule has 6 nitrogen and oxygen atoms in total. The molecule has 0 unspecified atom stereocenters. The summed E-state index contributed by atoms with van der Waals surface area (Å²) in [7, 11) is 0. The van der Waals surface area contributed by atoms with Crippen molar-refractivity contribution < 1.29 is 28.6 Å². The Kier molecular flexibility index (Phi) is 55.4. The van der Waals surface area contributed by atoms with Gasteiger partial charge in [0.1, 0.15) is 13.2 Å². The fourth-order valence-electron chi connectivity index (χ4n) is 9.93. The number of rotatable bonds is 58. The summed E-state index contributed by atoms with van der Waals surface area (Å²) in [6, 6.07) is 0. The summed E-state index contributed by atoms with van der Waals surface area (Å²) in [6.45, 7) is 11.5. The van der Waals surface area contributed by atoms with Crippen molar-refractivity contribution in [1.82, 2.24) is 0 Å². The van der Waals surface area contributed by atoms with E-state index in [1.807, 2.05) is 0 Å². The van der Waals surface area contributed by atoms with Crippen molar-refractivity contribution in [3.8, 4) is 0 Å². The average Bonchev–Trinajstić information content (AvgIpc) is 3.33. The predicted molar refractivity (Wildman–Crippen MR) is 303 cm³/mol. The number of ether oxygens (including phenoxy) is 3. The van der Waals surface area contributed by atoms with E-state index in [-0.39, 0.29) is 31.1 Å². The SMILES string of the molecule is CCCCCCCCCCCCCCC(=O)OC[C@@H](COC(=O)CCCCCCCCCCCCCCCCCCC(C)C)OC(=O)CCCCCCCCCCCCCCCCCCCCC(C)C. The summed E-state index contributed by atoms with van der Waals surface area (Å²) in [5, 5.41) is 0. The molecule has 0 rings (SSSR count). The van der Waals surface area contributed by atoms with Gasteiger partial charge in [-0.1, -0.05) is 324 Å². The Balaban J connectivity index is 4.24. The first-order valence-electron chi connectivity index (χ1n) is 31.7. The van der Waals surface area contributed by atoms with Crippen molar-refractivity contribution in [3.63, 3.8) is 0 Å². The van der Waals surface area contributed by atoms with Crippen molar-refractivity contribution in [1.29, 1.82) is 0 Å². The summed E-state index contributed by atoms with van der Waals surface area (Å²) >= 11 is 0. The molecule has 0 radical (unpaired) electrons. The number of hydrogen-bond donors (Lipinski definition) is 0. The fraction of sp³-hybridized carbons (Fsp3) is 0.953. The molecule has 0 aromatic carbocycles. The quantitative estimate of drug-likeness (QED) is 0.0343. The van der Waals surface area contributed by atoms with Gasteiger partial charge in [-0.25, -0.2) is 0 Å². The van der Waals surface area contributed by atoms with Crippen LogP contribution >= 0.6 is 0 Å². The van der Waals surface area contributed by atoms with Gasteiger partial charge in [0.2, 0.25) is 0 Å². The van der Waals surface area contributed by atoms with Crippen LogP contribution in [0.5, 0.6) is 0 Å². The van der Waals surface area contributed by atoms with Crippen LogP contribution in [0.1, 0.15) is 362 Å². The molecule has 0 aliphatic rings. The Bertz CT molecular complexity index is 1070. The molecule has 1 atom stereocenters. The highest BCUT2D eigenvalue weighted by atomic mass is 16.6.